The van der Waals surface area contributed by atoms with E-state index >= 15 is 0 Å². The van der Waals surface area contributed by atoms with Crippen LogP contribution in [0.3, 0.4) is 0 Å². The van der Waals surface area contributed by atoms with Crippen molar-refractivity contribution in [3.63, 3.8) is 0 Å². The minimum Gasteiger partial charge on any atom is -0.289 e. The molecule has 18 heavy (non-hydrogen) atoms. The van der Waals surface area contributed by atoms with Crippen LogP contribution in [0.2, 0.25) is 0 Å². The van der Waals surface area contributed by atoms with Crippen molar-refractivity contribution in [2.75, 3.05) is 0 Å². The number of halogens is 1. The minimum atomic E-state index is 0.0750. The predicted molar refractivity (Wildman–Crippen MR) is 82.2 cm³/mol. The SMILES string of the molecule is O=C(c1csc(I)c1)c1cccc2cnccc12. The van der Waals surface area contributed by atoms with Gasteiger partial charge >= 0.3 is 0 Å². The molecule has 2 aromatic heterocycles. The zero-order valence-electron chi connectivity index (χ0n) is 9.26. The summed E-state index contributed by atoms with van der Waals surface area (Å²) >= 11 is 3.81. The molecule has 0 aliphatic carbocycles. The molecule has 0 fully saturated rings. The van der Waals surface area contributed by atoms with Crippen LogP contribution >= 0.6 is 33.9 Å². The van der Waals surface area contributed by atoms with Gasteiger partial charge in [0.15, 0.2) is 5.78 Å². The van der Waals surface area contributed by atoms with Gasteiger partial charge in [0.2, 0.25) is 0 Å². The summed E-state index contributed by atoms with van der Waals surface area (Å²) in [5.41, 5.74) is 1.50. The Balaban J connectivity index is 2.17. The fourth-order valence-corrected chi connectivity index (χ4v) is 3.23. The first-order valence-electron chi connectivity index (χ1n) is 5.37. The summed E-state index contributed by atoms with van der Waals surface area (Å²) in [5, 5.41) is 3.86. The average Bonchev–Trinajstić information content (AvgIpc) is 2.84. The van der Waals surface area contributed by atoms with Crippen LogP contribution in [0.5, 0.6) is 0 Å². The second-order valence-electron chi connectivity index (χ2n) is 3.87. The minimum absolute atomic E-state index is 0.0750. The largest absolute Gasteiger partial charge is 0.289 e. The Morgan fingerprint density at radius 1 is 1.28 bits per heavy atom. The van der Waals surface area contributed by atoms with E-state index in [4.69, 9.17) is 0 Å². The van der Waals surface area contributed by atoms with Crippen molar-refractivity contribution in [3.8, 4) is 0 Å². The Labute approximate surface area is 122 Å². The summed E-state index contributed by atoms with van der Waals surface area (Å²) in [6.45, 7) is 0. The molecular formula is C14H8INOS. The third-order valence-corrected chi connectivity index (χ3v) is 4.54. The molecule has 2 heterocycles. The lowest BCUT2D eigenvalue weighted by molar-refractivity contribution is 0.104. The number of benzene rings is 1. The quantitative estimate of drug-likeness (QED) is 0.505. The molecule has 0 unspecified atom stereocenters. The summed E-state index contributed by atoms with van der Waals surface area (Å²) in [5.74, 6) is 0.0750. The second kappa shape index (κ2) is 4.78. The molecule has 0 saturated carbocycles. The third-order valence-electron chi connectivity index (χ3n) is 2.76. The lowest BCUT2D eigenvalue weighted by Crippen LogP contribution is -2.00. The first-order valence-corrected chi connectivity index (χ1v) is 7.33. The summed E-state index contributed by atoms with van der Waals surface area (Å²) in [6.07, 6.45) is 3.50. The number of nitrogens with zero attached hydrogens (tertiary/aromatic N) is 1. The molecule has 1 aromatic carbocycles. The van der Waals surface area contributed by atoms with Gasteiger partial charge < -0.3 is 0 Å². The fourth-order valence-electron chi connectivity index (χ4n) is 1.91. The van der Waals surface area contributed by atoms with Gasteiger partial charge in [-0.05, 0) is 40.1 Å². The predicted octanol–water partition coefficient (Wildman–Crippen LogP) is 4.13. The van der Waals surface area contributed by atoms with E-state index in [2.05, 4.69) is 27.6 Å². The Morgan fingerprint density at radius 3 is 2.94 bits per heavy atom. The van der Waals surface area contributed by atoms with Crippen molar-refractivity contribution in [1.82, 2.24) is 4.98 Å². The number of thiophene rings is 1. The van der Waals surface area contributed by atoms with Crippen LogP contribution < -0.4 is 0 Å². The molecule has 4 heteroatoms. The number of rotatable bonds is 2. The van der Waals surface area contributed by atoms with Gasteiger partial charge in [0, 0.05) is 34.3 Å². The molecule has 0 saturated heterocycles. The molecule has 0 bridgehead atoms. The summed E-state index contributed by atoms with van der Waals surface area (Å²) in [7, 11) is 0. The maximum absolute atomic E-state index is 12.5. The number of carbonyl (C=O) groups excluding carboxylic acids is 1. The van der Waals surface area contributed by atoms with Gasteiger partial charge in [-0.2, -0.15) is 0 Å². The van der Waals surface area contributed by atoms with Crippen LogP contribution in [0, 0.1) is 2.88 Å². The van der Waals surface area contributed by atoms with E-state index in [1.54, 1.807) is 23.7 Å². The second-order valence-corrected chi connectivity index (χ2v) is 6.68. The monoisotopic (exact) mass is 365 g/mol. The zero-order valence-corrected chi connectivity index (χ0v) is 12.2. The van der Waals surface area contributed by atoms with Crippen molar-refractivity contribution in [1.29, 1.82) is 0 Å². The molecular weight excluding hydrogens is 357 g/mol. The molecule has 2 nitrogen and oxygen atoms in total. The number of fused-ring (bicyclic) bond motifs is 1. The highest BCUT2D eigenvalue weighted by Crippen LogP contribution is 2.23. The molecule has 0 aliphatic heterocycles. The number of carbonyl (C=O) groups is 1. The van der Waals surface area contributed by atoms with Gasteiger partial charge in [-0.3, -0.25) is 9.78 Å². The van der Waals surface area contributed by atoms with Crippen LogP contribution in [0.1, 0.15) is 15.9 Å². The van der Waals surface area contributed by atoms with Gasteiger partial charge in [-0.25, -0.2) is 0 Å². The molecule has 0 aliphatic rings. The van der Waals surface area contributed by atoms with Crippen LogP contribution in [0.25, 0.3) is 10.8 Å². The van der Waals surface area contributed by atoms with Gasteiger partial charge in [-0.15, -0.1) is 11.3 Å². The van der Waals surface area contributed by atoms with Crippen molar-refractivity contribution < 1.29 is 4.79 Å². The van der Waals surface area contributed by atoms with E-state index in [-0.39, 0.29) is 5.78 Å². The van der Waals surface area contributed by atoms with E-state index in [0.29, 0.717) is 0 Å². The first-order chi connectivity index (χ1) is 8.75. The van der Waals surface area contributed by atoms with Crippen LogP contribution in [0.15, 0.2) is 48.1 Å². The van der Waals surface area contributed by atoms with E-state index in [0.717, 1.165) is 24.8 Å². The Morgan fingerprint density at radius 2 is 2.17 bits per heavy atom. The van der Waals surface area contributed by atoms with Gasteiger partial charge in [0.25, 0.3) is 0 Å². The number of ketones is 1. The van der Waals surface area contributed by atoms with E-state index < -0.39 is 0 Å². The van der Waals surface area contributed by atoms with Crippen molar-refractivity contribution >= 4 is 50.5 Å². The number of pyridine rings is 1. The topological polar surface area (TPSA) is 30.0 Å². The van der Waals surface area contributed by atoms with Crippen LogP contribution in [-0.2, 0) is 0 Å². The maximum atomic E-state index is 12.5. The Hall–Kier alpha value is -1.27. The highest BCUT2D eigenvalue weighted by Gasteiger charge is 2.13. The zero-order chi connectivity index (χ0) is 12.5. The molecule has 0 atom stereocenters. The highest BCUT2D eigenvalue weighted by atomic mass is 127. The molecule has 0 amide bonds. The van der Waals surface area contributed by atoms with Gasteiger partial charge in [0.05, 0.1) is 2.88 Å². The van der Waals surface area contributed by atoms with Gasteiger partial charge in [0.1, 0.15) is 0 Å². The molecule has 88 valence electrons. The molecule has 0 radical (unpaired) electrons. The van der Waals surface area contributed by atoms with Gasteiger partial charge in [-0.1, -0.05) is 18.2 Å². The van der Waals surface area contributed by atoms with Crippen LogP contribution in [0.4, 0.5) is 0 Å². The fraction of sp³-hybridized carbons (Fsp3) is 0. The molecule has 0 N–H and O–H groups in total. The normalized spacial score (nSPS) is 10.7. The van der Waals surface area contributed by atoms with Crippen LogP contribution in [-0.4, -0.2) is 10.8 Å². The van der Waals surface area contributed by atoms with Crippen molar-refractivity contribution in [2.24, 2.45) is 0 Å². The van der Waals surface area contributed by atoms with E-state index in [1.165, 1.54) is 0 Å². The maximum Gasteiger partial charge on any atom is 0.194 e. The average molecular weight is 365 g/mol. The number of hydrogen-bond donors (Lipinski definition) is 0. The van der Waals surface area contributed by atoms with Crippen molar-refractivity contribution in [3.05, 3.63) is 62.1 Å². The van der Waals surface area contributed by atoms with Crippen molar-refractivity contribution in [2.45, 2.75) is 0 Å². The molecule has 3 aromatic rings. The number of aromatic nitrogens is 1. The number of hydrogen-bond acceptors (Lipinski definition) is 3. The first kappa shape index (κ1) is 11.8. The highest BCUT2D eigenvalue weighted by molar-refractivity contribution is 14.1. The lowest BCUT2D eigenvalue weighted by atomic mass is 10.00. The summed E-state index contributed by atoms with van der Waals surface area (Å²) in [6, 6.07) is 9.55. The van der Waals surface area contributed by atoms with E-state index in [1.807, 2.05) is 35.7 Å². The van der Waals surface area contributed by atoms with E-state index in [9.17, 15) is 4.79 Å². The smallest absolute Gasteiger partial charge is 0.194 e. The summed E-state index contributed by atoms with van der Waals surface area (Å²) in [4.78, 5) is 16.5. The lowest BCUT2D eigenvalue weighted by Gasteiger charge is -2.03. The Bertz CT molecular complexity index is 730. The Kier molecular flexibility index (Phi) is 3.13. The summed E-state index contributed by atoms with van der Waals surface area (Å²) < 4.78 is 1.12. The molecule has 3 rings (SSSR count). The third kappa shape index (κ3) is 2.06. The molecule has 0 spiro atoms. The standard InChI is InChI=1S/C14H8INOS/c15-13-6-10(8-18-13)14(17)12-3-1-2-9-7-16-5-4-11(9)12/h1-8H.